The highest BCUT2D eigenvalue weighted by atomic mass is 16.2. The molecule has 104 valence electrons. The summed E-state index contributed by atoms with van der Waals surface area (Å²) in [6.07, 6.45) is 1.46. The van der Waals surface area contributed by atoms with Crippen molar-refractivity contribution in [3.8, 4) is 0 Å². The van der Waals surface area contributed by atoms with Gasteiger partial charge in [-0.3, -0.25) is 14.7 Å². The van der Waals surface area contributed by atoms with Gasteiger partial charge in [0.25, 0.3) is 5.91 Å². The van der Waals surface area contributed by atoms with Crippen molar-refractivity contribution < 1.29 is 9.59 Å². The van der Waals surface area contributed by atoms with E-state index >= 15 is 0 Å². The minimum Gasteiger partial charge on any atom is -0.339 e. The molecule has 0 aliphatic carbocycles. The number of nitrogens with zero attached hydrogens (tertiary/aromatic N) is 3. The second-order valence-corrected chi connectivity index (χ2v) is 4.86. The van der Waals surface area contributed by atoms with Gasteiger partial charge >= 0.3 is 0 Å². The van der Waals surface area contributed by atoms with E-state index in [-0.39, 0.29) is 11.8 Å². The van der Waals surface area contributed by atoms with Gasteiger partial charge in [-0.25, -0.2) is 0 Å². The number of aryl methyl sites for hydroxylation is 1. The number of carbonyl (C=O) groups is 2. The lowest BCUT2D eigenvalue weighted by Crippen LogP contribution is -2.50. The van der Waals surface area contributed by atoms with Gasteiger partial charge in [-0.2, -0.15) is 5.10 Å². The fraction of sp³-hybridized carbons (Fsp3) is 0.615. The van der Waals surface area contributed by atoms with E-state index < -0.39 is 0 Å². The third-order valence-corrected chi connectivity index (χ3v) is 3.31. The maximum absolute atomic E-state index is 12.2. The van der Waals surface area contributed by atoms with Crippen molar-refractivity contribution >= 4 is 11.8 Å². The lowest BCUT2D eigenvalue weighted by molar-refractivity contribution is -0.132. The van der Waals surface area contributed by atoms with E-state index in [1.165, 1.54) is 0 Å². The number of carbonyl (C=O) groups excluding carboxylic acids is 2. The molecule has 1 aliphatic heterocycles. The van der Waals surface area contributed by atoms with Crippen molar-refractivity contribution in [3.63, 3.8) is 0 Å². The van der Waals surface area contributed by atoms with E-state index in [9.17, 15) is 9.59 Å². The van der Waals surface area contributed by atoms with Crippen LogP contribution in [0, 0.1) is 6.92 Å². The molecule has 1 fully saturated rings. The molecule has 6 heteroatoms. The average molecular weight is 264 g/mol. The molecule has 0 aromatic carbocycles. The molecule has 1 aliphatic rings. The monoisotopic (exact) mass is 264 g/mol. The molecule has 1 aromatic rings. The Hall–Kier alpha value is -1.85. The molecule has 6 nitrogen and oxygen atoms in total. The molecule has 19 heavy (non-hydrogen) atoms. The largest absolute Gasteiger partial charge is 0.339 e. The Morgan fingerprint density at radius 1 is 1.26 bits per heavy atom. The zero-order chi connectivity index (χ0) is 13.8. The molecular weight excluding hydrogens is 244 g/mol. The van der Waals surface area contributed by atoms with Crippen LogP contribution in [0.25, 0.3) is 0 Å². The summed E-state index contributed by atoms with van der Waals surface area (Å²) < 4.78 is 0. The average Bonchev–Trinajstić information content (AvgIpc) is 2.85. The first-order valence-corrected chi connectivity index (χ1v) is 6.71. The van der Waals surface area contributed by atoms with Crippen LogP contribution in [0.1, 0.15) is 35.9 Å². The van der Waals surface area contributed by atoms with Gasteiger partial charge in [0.2, 0.25) is 5.91 Å². The first kappa shape index (κ1) is 13.6. The van der Waals surface area contributed by atoms with Crippen LogP contribution in [0.2, 0.25) is 0 Å². The lowest BCUT2D eigenvalue weighted by atomic mass is 10.2. The highest BCUT2D eigenvalue weighted by Crippen LogP contribution is 2.09. The molecule has 0 radical (unpaired) electrons. The highest BCUT2D eigenvalue weighted by Gasteiger charge is 2.25. The Labute approximate surface area is 112 Å². The van der Waals surface area contributed by atoms with E-state index in [1.807, 2.05) is 18.7 Å². The van der Waals surface area contributed by atoms with Gasteiger partial charge in [-0.05, 0) is 19.4 Å². The standard InChI is InChI=1S/C13H20N4O2/c1-3-4-12(18)16-5-7-17(8-6-16)13(19)11-9-10(2)14-15-11/h9H,3-8H2,1-2H3,(H,14,15). The summed E-state index contributed by atoms with van der Waals surface area (Å²) in [7, 11) is 0. The van der Waals surface area contributed by atoms with Crippen LogP contribution in [0.4, 0.5) is 0 Å². The van der Waals surface area contributed by atoms with Crippen LogP contribution in [-0.2, 0) is 4.79 Å². The van der Waals surface area contributed by atoms with Crippen molar-refractivity contribution in [1.82, 2.24) is 20.0 Å². The Balaban J connectivity index is 1.89. The topological polar surface area (TPSA) is 69.3 Å². The summed E-state index contributed by atoms with van der Waals surface area (Å²) in [4.78, 5) is 27.5. The molecule has 2 rings (SSSR count). The van der Waals surface area contributed by atoms with Crippen LogP contribution in [0.5, 0.6) is 0 Å². The van der Waals surface area contributed by atoms with E-state index in [0.29, 0.717) is 38.3 Å². The van der Waals surface area contributed by atoms with Crippen molar-refractivity contribution in [2.24, 2.45) is 0 Å². The van der Waals surface area contributed by atoms with Gasteiger partial charge in [0, 0.05) is 38.3 Å². The fourth-order valence-electron chi connectivity index (χ4n) is 2.22. The summed E-state index contributed by atoms with van der Waals surface area (Å²) in [5.74, 6) is 0.122. The Bertz CT molecular complexity index is 461. The normalized spacial score (nSPS) is 15.7. The molecule has 1 saturated heterocycles. The second kappa shape index (κ2) is 5.86. The lowest BCUT2D eigenvalue weighted by Gasteiger charge is -2.34. The second-order valence-electron chi connectivity index (χ2n) is 4.86. The van der Waals surface area contributed by atoms with Gasteiger partial charge in [-0.15, -0.1) is 0 Å². The molecule has 0 bridgehead atoms. The first-order chi connectivity index (χ1) is 9.11. The van der Waals surface area contributed by atoms with Gasteiger partial charge in [-0.1, -0.05) is 6.92 Å². The predicted octanol–water partition coefficient (Wildman–Crippen LogP) is 0.803. The molecule has 0 spiro atoms. The van der Waals surface area contributed by atoms with Crippen LogP contribution in [0.15, 0.2) is 6.07 Å². The van der Waals surface area contributed by atoms with Gasteiger partial charge in [0.15, 0.2) is 0 Å². The molecule has 2 heterocycles. The summed E-state index contributed by atoms with van der Waals surface area (Å²) >= 11 is 0. The maximum atomic E-state index is 12.2. The number of rotatable bonds is 3. The quantitative estimate of drug-likeness (QED) is 0.878. The molecule has 0 saturated carbocycles. The number of piperazine rings is 1. The summed E-state index contributed by atoms with van der Waals surface area (Å²) in [6, 6.07) is 1.75. The third-order valence-electron chi connectivity index (χ3n) is 3.31. The van der Waals surface area contributed by atoms with Crippen LogP contribution in [-0.4, -0.2) is 58.0 Å². The summed E-state index contributed by atoms with van der Waals surface area (Å²) in [5, 5.41) is 6.75. The molecule has 1 N–H and O–H groups in total. The number of amides is 2. The van der Waals surface area contributed by atoms with Crippen molar-refractivity contribution in [2.45, 2.75) is 26.7 Å². The maximum Gasteiger partial charge on any atom is 0.274 e. The summed E-state index contributed by atoms with van der Waals surface area (Å²) in [5.41, 5.74) is 1.32. The predicted molar refractivity (Wildman–Crippen MR) is 70.7 cm³/mol. The van der Waals surface area contributed by atoms with Crippen molar-refractivity contribution in [2.75, 3.05) is 26.2 Å². The SMILES string of the molecule is CCCC(=O)N1CCN(C(=O)c2cc(C)[nH]n2)CC1. The molecule has 1 aromatic heterocycles. The van der Waals surface area contributed by atoms with Crippen LogP contribution in [0.3, 0.4) is 0 Å². The zero-order valence-electron chi connectivity index (χ0n) is 11.5. The van der Waals surface area contributed by atoms with E-state index in [4.69, 9.17) is 0 Å². The van der Waals surface area contributed by atoms with Crippen LogP contribution >= 0.6 is 0 Å². The number of nitrogens with one attached hydrogen (secondary N) is 1. The number of H-pyrrole nitrogens is 1. The smallest absolute Gasteiger partial charge is 0.274 e. The van der Waals surface area contributed by atoms with Crippen molar-refractivity contribution in [3.05, 3.63) is 17.5 Å². The van der Waals surface area contributed by atoms with Gasteiger partial charge in [0.1, 0.15) is 5.69 Å². The third kappa shape index (κ3) is 3.13. The van der Waals surface area contributed by atoms with E-state index in [2.05, 4.69) is 10.2 Å². The molecule has 2 amide bonds. The van der Waals surface area contributed by atoms with Gasteiger partial charge in [0.05, 0.1) is 0 Å². The van der Waals surface area contributed by atoms with E-state index in [0.717, 1.165) is 12.1 Å². The Morgan fingerprint density at radius 3 is 2.42 bits per heavy atom. The van der Waals surface area contributed by atoms with Gasteiger partial charge < -0.3 is 9.80 Å². The minimum atomic E-state index is -0.0630. The first-order valence-electron chi connectivity index (χ1n) is 6.71. The van der Waals surface area contributed by atoms with Crippen LogP contribution < -0.4 is 0 Å². The molecular formula is C13H20N4O2. The molecule has 0 atom stereocenters. The van der Waals surface area contributed by atoms with Crippen molar-refractivity contribution in [1.29, 1.82) is 0 Å². The Morgan fingerprint density at radius 2 is 1.89 bits per heavy atom. The Kier molecular flexibility index (Phi) is 4.19. The number of hydrogen-bond acceptors (Lipinski definition) is 3. The summed E-state index contributed by atoms with van der Waals surface area (Å²) in [6.45, 7) is 6.27. The highest BCUT2D eigenvalue weighted by molar-refractivity contribution is 5.92. The zero-order valence-corrected chi connectivity index (χ0v) is 11.5. The number of aromatic amines is 1. The van der Waals surface area contributed by atoms with E-state index in [1.54, 1.807) is 11.0 Å². The fourth-order valence-corrected chi connectivity index (χ4v) is 2.22. The minimum absolute atomic E-state index is 0.0630. The number of hydrogen-bond donors (Lipinski definition) is 1. The number of aromatic nitrogens is 2. The molecule has 0 unspecified atom stereocenters.